The summed E-state index contributed by atoms with van der Waals surface area (Å²) in [5, 5.41) is 14.1. The summed E-state index contributed by atoms with van der Waals surface area (Å²) >= 11 is 0. The average Bonchev–Trinajstić information content (AvgIpc) is 2.63. The first-order chi connectivity index (χ1) is 12.4. The first kappa shape index (κ1) is 19.2. The van der Waals surface area contributed by atoms with Crippen molar-refractivity contribution in [3.05, 3.63) is 59.7 Å². The molecule has 0 radical (unpaired) electrons. The van der Waals surface area contributed by atoms with E-state index >= 15 is 0 Å². The van der Waals surface area contributed by atoms with Gasteiger partial charge in [-0.25, -0.2) is 14.0 Å². The van der Waals surface area contributed by atoms with E-state index in [1.165, 1.54) is 0 Å². The van der Waals surface area contributed by atoms with Crippen LogP contribution in [0, 0.1) is 11.6 Å². The van der Waals surface area contributed by atoms with E-state index in [1.54, 1.807) is 31.2 Å². The van der Waals surface area contributed by atoms with Gasteiger partial charge >= 0.3 is 12.0 Å². The van der Waals surface area contributed by atoms with E-state index in [2.05, 4.69) is 10.6 Å². The van der Waals surface area contributed by atoms with Crippen LogP contribution in [0.15, 0.2) is 42.5 Å². The second-order valence-corrected chi connectivity index (χ2v) is 5.35. The molecule has 3 N–H and O–H groups in total. The number of benzene rings is 2. The Balaban J connectivity index is 2.10. The normalized spacial score (nSPS) is 11.5. The highest BCUT2D eigenvalue weighted by atomic mass is 19.2. The zero-order valence-corrected chi connectivity index (χ0v) is 14.0. The van der Waals surface area contributed by atoms with E-state index in [4.69, 9.17) is 4.74 Å². The first-order valence-corrected chi connectivity index (χ1v) is 7.87. The van der Waals surface area contributed by atoms with Crippen LogP contribution in [0.25, 0.3) is 0 Å². The van der Waals surface area contributed by atoms with Gasteiger partial charge in [0.05, 0.1) is 12.3 Å². The molecule has 26 heavy (non-hydrogen) atoms. The number of urea groups is 1. The smallest absolute Gasteiger partial charge is 0.329 e. The molecule has 0 aliphatic rings. The van der Waals surface area contributed by atoms with Crippen molar-refractivity contribution in [1.82, 2.24) is 5.32 Å². The predicted octanol–water partition coefficient (Wildman–Crippen LogP) is 2.97. The molecule has 0 bridgehead atoms. The lowest BCUT2D eigenvalue weighted by Crippen LogP contribution is -2.45. The molecule has 0 aromatic heterocycles. The zero-order valence-electron chi connectivity index (χ0n) is 14.0. The third kappa shape index (κ3) is 4.92. The van der Waals surface area contributed by atoms with Crippen molar-refractivity contribution in [3.8, 4) is 5.75 Å². The molecule has 2 aromatic carbocycles. The van der Waals surface area contributed by atoms with Crippen molar-refractivity contribution in [2.24, 2.45) is 0 Å². The minimum Gasteiger partial charge on any atom is -0.503 e. The standard InChI is InChI=1S/C18H18F2N2O4/c1-2-26-17(24)14(10-11-6-4-3-5-7-11)22-18(25)21-13-9-8-12(19)15(20)16(13)23/h3-9,14,23H,2,10H2,1H3,(H2,21,22,25). The number of carbonyl (C=O) groups excluding carboxylic acids is 2. The van der Waals surface area contributed by atoms with Crippen molar-refractivity contribution in [2.75, 3.05) is 11.9 Å². The van der Waals surface area contributed by atoms with E-state index < -0.39 is 35.4 Å². The Morgan fingerprint density at radius 1 is 1.15 bits per heavy atom. The lowest BCUT2D eigenvalue weighted by molar-refractivity contribution is -0.145. The van der Waals surface area contributed by atoms with Gasteiger partial charge in [-0.2, -0.15) is 4.39 Å². The lowest BCUT2D eigenvalue weighted by atomic mass is 10.1. The van der Waals surface area contributed by atoms with Crippen LogP contribution in [0.3, 0.4) is 0 Å². The molecule has 0 fully saturated rings. The van der Waals surface area contributed by atoms with Crippen LogP contribution >= 0.6 is 0 Å². The second kappa shape index (κ2) is 8.80. The number of halogens is 2. The molecule has 0 saturated carbocycles. The number of amides is 2. The number of hydrogen-bond donors (Lipinski definition) is 3. The molecule has 1 atom stereocenters. The summed E-state index contributed by atoms with van der Waals surface area (Å²) in [6.45, 7) is 1.77. The molecular formula is C18H18F2N2O4. The summed E-state index contributed by atoms with van der Waals surface area (Å²) < 4.78 is 31.3. The number of anilines is 1. The van der Waals surface area contributed by atoms with E-state index in [0.717, 1.165) is 17.7 Å². The van der Waals surface area contributed by atoms with Gasteiger partial charge in [0.2, 0.25) is 5.82 Å². The van der Waals surface area contributed by atoms with Crippen LogP contribution in [-0.4, -0.2) is 29.8 Å². The van der Waals surface area contributed by atoms with E-state index in [1.807, 2.05) is 6.07 Å². The van der Waals surface area contributed by atoms with Gasteiger partial charge in [0.15, 0.2) is 11.6 Å². The number of ether oxygens (including phenoxy) is 1. The minimum absolute atomic E-state index is 0.136. The highest BCUT2D eigenvalue weighted by Crippen LogP contribution is 2.28. The minimum atomic E-state index is -1.48. The van der Waals surface area contributed by atoms with Crippen LogP contribution in [0.1, 0.15) is 12.5 Å². The number of nitrogens with one attached hydrogen (secondary N) is 2. The average molecular weight is 364 g/mol. The maximum Gasteiger partial charge on any atom is 0.329 e. The van der Waals surface area contributed by atoms with E-state index in [0.29, 0.717) is 0 Å². The topological polar surface area (TPSA) is 87.7 Å². The van der Waals surface area contributed by atoms with Crippen molar-refractivity contribution in [3.63, 3.8) is 0 Å². The van der Waals surface area contributed by atoms with Crippen LogP contribution < -0.4 is 10.6 Å². The Labute approximate surface area is 148 Å². The maximum atomic E-state index is 13.3. The molecule has 8 heteroatoms. The van der Waals surface area contributed by atoms with Crippen LogP contribution in [0.5, 0.6) is 5.75 Å². The molecule has 0 heterocycles. The summed E-state index contributed by atoms with van der Waals surface area (Å²) in [5.74, 6) is -4.40. The fraction of sp³-hybridized carbons (Fsp3) is 0.222. The van der Waals surface area contributed by atoms with Gasteiger partial charge in [-0.05, 0) is 24.6 Å². The molecule has 2 amide bonds. The first-order valence-electron chi connectivity index (χ1n) is 7.87. The van der Waals surface area contributed by atoms with Gasteiger partial charge in [-0.15, -0.1) is 0 Å². The highest BCUT2D eigenvalue weighted by molar-refractivity contribution is 5.93. The van der Waals surface area contributed by atoms with Crippen molar-refractivity contribution in [2.45, 2.75) is 19.4 Å². The van der Waals surface area contributed by atoms with Gasteiger partial charge in [0, 0.05) is 6.42 Å². The van der Waals surface area contributed by atoms with Gasteiger partial charge in [0.1, 0.15) is 6.04 Å². The van der Waals surface area contributed by atoms with Crippen molar-refractivity contribution < 1.29 is 28.2 Å². The number of phenols is 1. The SMILES string of the molecule is CCOC(=O)C(Cc1ccccc1)NC(=O)Nc1ccc(F)c(F)c1O. The Morgan fingerprint density at radius 2 is 1.85 bits per heavy atom. The molecule has 0 aliphatic carbocycles. The quantitative estimate of drug-likeness (QED) is 0.543. The molecule has 0 spiro atoms. The molecule has 1 unspecified atom stereocenters. The predicted molar refractivity (Wildman–Crippen MR) is 90.7 cm³/mol. The monoisotopic (exact) mass is 364 g/mol. The Morgan fingerprint density at radius 3 is 2.50 bits per heavy atom. The largest absolute Gasteiger partial charge is 0.503 e. The summed E-state index contributed by atoms with van der Waals surface area (Å²) in [6.07, 6.45) is 0.177. The summed E-state index contributed by atoms with van der Waals surface area (Å²) in [7, 11) is 0. The number of carbonyl (C=O) groups is 2. The van der Waals surface area contributed by atoms with Gasteiger partial charge < -0.3 is 20.5 Å². The maximum absolute atomic E-state index is 13.3. The number of phenolic OH excluding ortho intramolecular Hbond substituents is 1. The third-order valence-electron chi connectivity index (χ3n) is 3.48. The lowest BCUT2D eigenvalue weighted by Gasteiger charge is -2.18. The molecule has 6 nitrogen and oxygen atoms in total. The Bertz CT molecular complexity index is 784. The molecule has 0 saturated heterocycles. The summed E-state index contributed by atoms with van der Waals surface area (Å²) in [6, 6.07) is 8.86. The molecular weight excluding hydrogens is 346 g/mol. The van der Waals surface area contributed by atoms with Crippen molar-refractivity contribution >= 4 is 17.7 Å². The second-order valence-electron chi connectivity index (χ2n) is 5.35. The molecule has 2 rings (SSSR count). The Kier molecular flexibility index (Phi) is 6.48. The summed E-state index contributed by atoms with van der Waals surface area (Å²) in [5.41, 5.74) is 0.463. The Hall–Kier alpha value is -3.16. The molecule has 2 aromatic rings. The summed E-state index contributed by atoms with van der Waals surface area (Å²) in [4.78, 5) is 24.2. The zero-order chi connectivity index (χ0) is 19.1. The molecule has 0 aliphatic heterocycles. The van der Waals surface area contributed by atoms with Crippen LogP contribution in [0.2, 0.25) is 0 Å². The van der Waals surface area contributed by atoms with Crippen LogP contribution in [0.4, 0.5) is 19.3 Å². The van der Waals surface area contributed by atoms with Crippen LogP contribution in [-0.2, 0) is 16.0 Å². The van der Waals surface area contributed by atoms with E-state index in [9.17, 15) is 23.5 Å². The van der Waals surface area contributed by atoms with Gasteiger partial charge in [-0.3, -0.25) is 0 Å². The van der Waals surface area contributed by atoms with Crippen molar-refractivity contribution in [1.29, 1.82) is 0 Å². The van der Waals surface area contributed by atoms with Gasteiger partial charge in [0.25, 0.3) is 0 Å². The number of aromatic hydroxyl groups is 1. The van der Waals surface area contributed by atoms with Gasteiger partial charge in [-0.1, -0.05) is 30.3 Å². The highest BCUT2D eigenvalue weighted by Gasteiger charge is 2.23. The number of rotatable bonds is 6. The fourth-order valence-electron chi connectivity index (χ4n) is 2.24. The number of esters is 1. The third-order valence-corrected chi connectivity index (χ3v) is 3.48. The molecule has 138 valence electrons. The van der Waals surface area contributed by atoms with E-state index in [-0.39, 0.29) is 18.7 Å². The fourth-order valence-corrected chi connectivity index (χ4v) is 2.24. The number of hydrogen-bond acceptors (Lipinski definition) is 4.